The molecule has 0 aliphatic heterocycles. The molecule has 0 saturated heterocycles. The second kappa shape index (κ2) is 43.7. The van der Waals surface area contributed by atoms with Gasteiger partial charge in [0.1, 0.15) is 19.8 Å². The molecule has 358 valence electrons. The first-order chi connectivity index (χ1) is 30.0. The summed E-state index contributed by atoms with van der Waals surface area (Å²) in [6.07, 6.45) is 55.2. The molecule has 0 aliphatic rings. The number of nitrogens with zero attached hydrogens (tertiary/aromatic N) is 1. The van der Waals surface area contributed by atoms with Gasteiger partial charge in [0.15, 0.2) is 6.10 Å². The number of hydrogen-bond donors (Lipinski definition) is 0. The second-order valence-corrected chi connectivity index (χ2v) is 18.9. The molecule has 2 atom stereocenters. The summed E-state index contributed by atoms with van der Waals surface area (Å²) in [6.45, 7) is 4.02. The molecule has 0 bridgehead atoms. The van der Waals surface area contributed by atoms with E-state index in [1.54, 1.807) is 0 Å². The van der Waals surface area contributed by atoms with Crippen LogP contribution in [-0.4, -0.2) is 70.0 Å². The standard InChI is InChI=1S/C52H92NO8P/c1-6-8-10-12-14-16-18-20-22-23-24-25-26-27-28-29-31-33-35-37-39-41-43-45-52(55)61-50(49-60-62(56,57)59-47-46-53(3,4)5)48-58-51(54)44-42-40-38-36-34-32-30-21-19-17-15-13-11-9-7-2/h9,11,13,15,17,19,21,29-31,37,39,50H,6-8,10,12,14,16,18,20,22-28,32-36,38,40-49H2,1-5H3/b11-9+,15-13+,19-17+,30-21+,31-29+,39-37+/t50-/m1/s1. The topological polar surface area (TPSA) is 111 Å². The van der Waals surface area contributed by atoms with Gasteiger partial charge in [-0.1, -0.05) is 189 Å². The predicted molar refractivity (Wildman–Crippen MR) is 259 cm³/mol. The number of carbonyl (C=O) groups excluding carboxylic acids is 2. The second-order valence-electron chi connectivity index (χ2n) is 17.5. The molecular formula is C52H92NO8P. The van der Waals surface area contributed by atoms with Crippen LogP contribution in [0, 0.1) is 0 Å². The molecule has 9 nitrogen and oxygen atoms in total. The van der Waals surface area contributed by atoms with Crippen LogP contribution in [0.2, 0.25) is 0 Å². The van der Waals surface area contributed by atoms with Crippen LogP contribution in [0.15, 0.2) is 72.9 Å². The van der Waals surface area contributed by atoms with Crippen molar-refractivity contribution >= 4 is 19.8 Å². The van der Waals surface area contributed by atoms with Crippen molar-refractivity contribution in [2.24, 2.45) is 0 Å². The summed E-state index contributed by atoms with van der Waals surface area (Å²) in [4.78, 5) is 37.6. The molecule has 62 heavy (non-hydrogen) atoms. The SMILES string of the molecule is CC/C=C/C=C/C=C/C=C/CCCCCCCC(=O)OC[C@H](COP(=O)([O-])OCC[N+](C)(C)C)OC(=O)CCC/C=C/CC/C=C/CCCCCCCCCCCCCCCC. The Hall–Kier alpha value is -2.55. The minimum Gasteiger partial charge on any atom is -0.756 e. The molecule has 0 aromatic carbocycles. The lowest BCUT2D eigenvalue weighted by atomic mass is 10.0. The van der Waals surface area contributed by atoms with Crippen molar-refractivity contribution < 1.29 is 42.1 Å². The Bertz CT molecular complexity index is 1280. The van der Waals surface area contributed by atoms with Crippen molar-refractivity contribution in [1.82, 2.24) is 0 Å². The zero-order valence-corrected chi connectivity index (χ0v) is 41.2. The summed E-state index contributed by atoms with van der Waals surface area (Å²) in [7, 11) is 1.12. The number of allylic oxidation sites excluding steroid dienone is 12. The van der Waals surface area contributed by atoms with Crippen molar-refractivity contribution in [2.75, 3.05) is 47.5 Å². The fourth-order valence-electron chi connectivity index (χ4n) is 6.45. The molecule has 0 N–H and O–H groups in total. The number of ether oxygens (including phenoxy) is 2. The van der Waals surface area contributed by atoms with Gasteiger partial charge in [0.2, 0.25) is 0 Å². The molecule has 0 rings (SSSR count). The summed E-state index contributed by atoms with van der Waals surface area (Å²) >= 11 is 0. The molecule has 1 unspecified atom stereocenters. The Labute approximate surface area is 380 Å². The number of rotatable bonds is 44. The van der Waals surface area contributed by atoms with Crippen LogP contribution >= 0.6 is 7.82 Å². The molecule has 0 spiro atoms. The van der Waals surface area contributed by atoms with Crippen LogP contribution in [0.3, 0.4) is 0 Å². The van der Waals surface area contributed by atoms with Crippen LogP contribution in [0.1, 0.15) is 194 Å². The molecule has 0 radical (unpaired) electrons. The molecule has 10 heteroatoms. The number of phosphoric acid groups is 1. The molecule has 0 amide bonds. The summed E-state index contributed by atoms with van der Waals surface area (Å²) < 4.78 is 33.9. The number of quaternary nitrogens is 1. The lowest BCUT2D eigenvalue weighted by Gasteiger charge is -2.28. The zero-order chi connectivity index (χ0) is 45.7. The summed E-state index contributed by atoms with van der Waals surface area (Å²) in [6, 6.07) is 0. The van der Waals surface area contributed by atoms with Crippen molar-refractivity contribution in [1.29, 1.82) is 0 Å². The third-order valence-electron chi connectivity index (χ3n) is 10.3. The van der Waals surface area contributed by atoms with Gasteiger partial charge in [0, 0.05) is 12.8 Å². The highest BCUT2D eigenvalue weighted by molar-refractivity contribution is 7.45. The summed E-state index contributed by atoms with van der Waals surface area (Å²) in [5.41, 5.74) is 0. The monoisotopic (exact) mass is 890 g/mol. The summed E-state index contributed by atoms with van der Waals surface area (Å²) in [5, 5.41) is 0. The maximum Gasteiger partial charge on any atom is 0.306 e. The molecular weight excluding hydrogens is 798 g/mol. The Kier molecular flexibility index (Phi) is 41.9. The average molecular weight is 890 g/mol. The maximum absolute atomic E-state index is 12.7. The van der Waals surface area contributed by atoms with Gasteiger partial charge in [-0.05, 0) is 64.2 Å². The van der Waals surface area contributed by atoms with Gasteiger partial charge >= 0.3 is 11.9 Å². The first kappa shape index (κ1) is 59.5. The van der Waals surface area contributed by atoms with E-state index >= 15 is 0 Å². The lowest BCUT2D eigenvalue weighted by Crippen LogP contribution is -2.37. The quantitative estimate of drug-likeness (QED) is 0.0148. The first-order valence-electron chi connectivity index (χ1n) is 24.7. The molecule has 0 saturated carbocycles. The van der Waals surface area contributed by atoms with Crippen LogP contribution in [-0.2, 0) is 32.7 Å². The van der Waals surface area contributed by atoms with Crippen molar-refractivity contribution in [3.05, 3.63) is 72.9 Å². The van der Waals surface area contributed by atoms with Crippen molar-refractivity contribution in [3.8, 4) is 0 Å². The van der Waals surface area contributed by atoms with Crippen LogP contribution in [0.25, 0.3) is 0 Å². The predicted octanol–water partition coefficient (Wildman–Crippen LogP) is 13.9. The van der Waals surface area contributed by atoms with Crippen LogP contribution < -0.4 is 4.89 Å². The van der Waals surface area contributed by atoms with E-state index in [9.17, 15) is 19.0 Å². The van der Waals surface area contributed by atoms with Gasteiger partial charge in [0.25, 0.3) is 7.82 Å². The number of hydrogen-bond acceptors (Lipinski definition) is 8. The number of likely N-dealkylation sites (N-methyl/N-ethyl adjacent to an activating group) is 1. The van der Waals surface area contributed by atoms with Crippen molar-refractivity contribution in [3.63, 3.8) is 0 Å². The van der Waals surface area contributed by atoms with E-state index in [1.807, 2.05) is 51.5 Å². The molecule has 0 aliphatic carbocycles. The van der Waals surface area contributed by atoms with Crippen LogP contribution in [0.5, 0.6) is 0 Å². The van der Waals surface area contributed by atoms with Gasteiger partial charge in [-0.2, -0.15) is 0 Å². The summed E-state index contributed by atoms with van der Waals surface area (Å²) in [5.74, 6) is -0.914. The van der Waals surface area contributed by atoms with E-state index in [0.29, 0.717) is 23.9 Å². The average Bonchev–Trinajstić information content (AvgIpc) is 3.23. The third kappa shape index (κ3) is 46.9. The van der Waals surface area contributed by atoms with Gasteiger partial charge in [-0.25, -0.2) is 0 Å². The normalized spacial score (nSPS) is 14.1. The third-order valence-corrected chi connectivity index (χ3v) is 11.2. The highest BCUT2D eigenvalue weighted by atomic mass is 31.2. The van der Waals surface area contributed by atoms with Gasteiger partial charge < -0.3 is 27.9 Å². The van der Waals surface area contributed by atoms with E-state index in [2.05, 4.69) is 56.4 Å². The zero-order valence-electron chi connectivity index (χ0n) is 40.3. The van der Waals surface area contributed by atoms with E-state index in [1.165, 1.54) is 89.9 Å². The number of unbranched alkanes of at least 4 members (excludes halogenated alkanes) is 21. The van der Waals surface area contributed by atoms with E-state index in [4.69, 9.17) is 18.5 Å². The smallest absolute Gasteiger partial charge is 0.306 e. The lowest BCUT2D eigenvalue weighted by molar-refractivity contribution is -0.870. The molecule has 0 heterocycles. The van der Waals surface area contributed by atoms with Crippen molar-refractivity contribution in [2.45, 2.75) is 200 Å². The van der Waals surface area contributed by atoms with Gasteiger partial charge in [0.05, 0.1) is 27.7 Å². The highest BCUT2D eigenvalue weighted by Gasteiger charge is 2.21. The molecule has 0 aromatic heterocycles. The van der Waals surface area contributed by atoms with E-state index in [-0.39, 0.29) is 26.1 Å². The van der Waals surface area contributed by atoms with Crippen LogP contribution in [0.4, 0.5) is 0 Å². The number of phosphoric ester groups is 1. The Morgan fingerprint density at radius 2 is 0.968 bits per heavy atom. The molecule has 0 aromatic rings. The van der Waals surface area contributed by atoms with E-state index < -0.39 is 32.5 Å². The molecule has 0 fully saturated rings. The number of esters is 2. The minimum atomic E-state index is -4.65. The van der Waals surface area contributed by atoms with Gasteiger partial charge in [-0.15, -0.1) is 0 Å². The fraction of sp³-hybridized carbons (Fsp3) is 0.731. The Balaban J connectivity index is 4.34. The minimum absolute atomic E-state index is 0.0453. The van der Waals surface area contributed by atoms with Gasteiger partial charge in [-0.3, -0.25) is 14.2 Å². The fourth-order valence-corrected chi connectivity index (χ4v) is 7.18. The number of carbonyl (C=O) groups is 2. The maximum atomic E-state index is 12.7. The Morgan fingerprint density at radius 1 is 0.516 bits per heavy atom. The Morgan fingerprint density at radius 3 is 1.52 bits per heavy atom. The first-order valence-corrected chi connectivity index (χ1v) is 26.2. The highest BCUT2D eigenvalue weighted by Crippen LogP contribution is 2.38. The largest absolute Gasteiger partial charge is 0.756 e. The van der Waals surface area contributed by atoms with E-state index in [0.717, 1.165) is 64.2 Å².